The Bertz CT molecular complexity index is 780. The molecule has 3 rings (SSSR count). The van der Waals surface area contributed by atoms with E-state index in [4.69, 9.17) is 0 Å². The normalized spacial score (nSPS) is 14.2. The monoisotopic (exact) mass is 414 g/mol. The summed E-state index contributed by atoms with van der Waals surface area (Å²) in [6, 6.07) is 13.4. The van der Waals surface area contributed by atoms with E-state index in [-0.39, 0.29) is 0 Å². The summed E-state index contributed by atoms with van der Waals surface area (Å²) in [4.78, 5) is 0. The summed E-state index contributed by atoms with van der Waals surface area (Å²) in [6.07, 6.45) is 8.76. The molecule has 2 aromatic carbocycles. The number of benzene rings is 2. The zero-order valence-electron chi connectivity index (χ0n) is 15.2. The number of allylic oxidation sites excluding steroid dienone is 2. The number of aromatic hydroxyl groups is 2. The van der Waals surface area contributed by atoms with Crippen molar-refractivity contribution in [2.75, 3.05) is 5.33 Å². The van der Waals surface area contributed by atoms with Crippen molar-refractivity contribution in [2.45, 2.75) is 51.4 Å². The molecule has 2 nitrogen and oxygen atoms in total. The molecule has 2 aromatic rings. The molecular weight excluding hydrogens is 388 g/mol. The predicted octanol–water partition coefficient (Wildman–Crippen LogP) is 6.69. The van der Waals surface area contributed by atoms with Crippen molar-refractivity contribution >= 4 is 27.1 Å². The summed E-state index contributed by atoms with van der Waals surface area (Å²) in [5.74, 6) is 0.686. The predicted molar refractivity (Wildman–Crippen MR) is 113 cm³/mol. The first-order valence-corrected chi connectivity index (χ1v) is 10.7. The number of aryl methyl sites for hydroxylation is 1. The van der Waals surface area contributed by atoms with Gasteiger partial charge >= 0.3 is 0 Å². The molecule has 138 valence electrons. The Morgan fingerprint density at radius 2 is 1.69 bits per heavy atom. The highest BCUT2D eigenvalue weighted by Gasteiger charge is 2.21. The summed E-state index contributed by atoms with van der Waals surface area (Å²) in [5.41, 5.74) is 5.90. The van der Waals surface area contributed by atoms with Gasteiger partial charge in [-0.1, -0.05) is 53.0 Å². The number of hydrogen-bond donors (Lipinski definition) is 2. The van der Waals surface area contributed by atoms with Crippen LogP contribution in [0.1, 0.15) is 61.6 Å². The minimum atomic E-state index is 0.299. The highest BCUT2D eigenvalue weighted by atomic mass is 79.9. The largest absolute Gasteiger partial charge is 0.508 e. The standard InChI is InChI=1S/C23H27BrO2/c24-15-4-2-1-3-12-21-20(18-10-5-11-19(25)16-18)13-6-8-17-9-7-14-22(26)23(17)21/h5,7,9-11,14,16,25-26H,1-4,6,8,12-13,15H2. The molecule has 26 heavy (non-hydrogen) atoms. The summed E-state index contributed by atoms with van der Waals surface area (Å²) in [6.45, 7) is 0. The molecule has 0 fully saturated rings. The second-order valence-corrected chi connectivity index (χ2v) is 7.82. The SMILES string of the molecule is Oc1cccc(C2=C(CCCCCCBr)c3c(O)cccc3CCC2)c1. The minimum Gasteiger partial charge on any atom is -0.508 e. The molecule has 0 atom stereocenters. The first-order chi connectivity index (χ1) is 12.7. The van der Waals surface area contributed by atoms with Gasteiger partial charge in [0.2, 0.25) is 0 Å². The minimum absolute atomic E-state index is 0.299. The van der Waals surface area contributed by atoms with E-state index in [1.54, 1.807) is 12.1 Å². The second kappa shape index (κ2) is 9.27. The van der Waals surface area contributed by atoms with Crippen molar-refractivity contribution in [2.24, 2.45) is 0 Å². The van der Waals surface area contributed by atoms with Gasteiger partial charge in [0.15, 0.2) is 0 Å². The fraction of sp³-hybridized carbons (Fsp3) is 0.391. The molecule has 2 N–H and O–H groups in total. The number of halogens is 1. The van der Waals surface area contributed by atoms with Crippen LogP contribution in [0, 0.1) is 0 Å². The van der Waals surface area contributed by atoms with Crippen molar-refractivity contribution in [1.29, 1.82) is 0 Å². The van der Waals surface area contributed by atoms with Crippen LogP contribution in [0.5, 0.6) is 11.5 Å². The summed E-state index contributed by atoms with van der Waals surface area (Å²) in [7, 11) is 0. The molecule has 0 spiro atoms. The molecule has 0 unspecified atom stereocenters. The molecule has 0 aliphatic heterocycles. The third kappa shape index (κ3) is 4.50. The van der Waals surface area contributed by atoms with E-state index in [0.717, 1.165) is 48.6 Å². The molecule has 0 bridgehead atoms. The quantitative estimate of drug-likeness (QED) is 0.391. The zero-order chi connectivity index (χ0) is 18.4. The lowest BCUT2D eigenvalue weighted by atomic mass is 9.88. The second-order valence-electron chi connectivity index (χ2n) is 7.03. The van der Waals surface area contributed by atoms with E-state index in [1.807, 2.05) is 18.2 Å². The maximum atomic E-state index is 10.6. The molecule has 0 radical (unpaired) electrons. The lowest BCUT2D eigenvalue weighted by Gasteiger charge is -2.17. The van der Waals surface area contributed by atoms with Gasteiger partial charge in [0.25, 0.3) is 0 Å². The van der Waals surface area contributed by atoms with E-state index >= 15 is 0 Å². The van der Waals surface area contributed by atoms with E-state index in [0.29, 0.717) is 11.5 Å². The van der Waals surface area contributed by atoms with Crippen molar-refractivity contribution in [3.05, 3.63) is 59.2 Å². The van der Waals surface area contributed by atoms with Crippen LogP contribution in [0.25, 0.3) is 11.1 Å². The maximum absolute atomic E-state index is 10.6. The molecule has 0 heterocycles. The van der Waals surface area contributed by atoms with Gasteiger partial charge in [0.05, 0.1) is 0 Å². The summed E-state index contributed by atoms with van der Waals surface area (Å²) >= 11 is 3.50. The number of alkyl halides is 1. The third-order valence-corrected chi connectivity index (χ3v) is 5.73. The smallest absolute Gasteiger partial charge is 0.123 e. The van der Waals surface area contributed by atoms with Crippen molar-refractivity contribution in [3.8, 4) is 11.5 Å². The molecule has 0 saturated heterocycles. The van der Waals surface area contributed by atoms with Crippen LogP contribution in [0.2, 0.25) is 0 Å². The molecule has 1 aliphatic carbocycles. The van der Waals surface area contributed by atoms with E-state index in [9.17, 15) is 10.2 Å². The van der Waals surface area contributed by atoms with Crippen LogP contribution in [-0.2, 0) is 6.42 Å². The molecule has 1 aliphatic rings. The van der Waals surface area contributed by atoms with E-state index < -0.39 is 0 Å². The van der Waals surface area contributed by atoms with Crippen molar-refractivity contribution < 1.29 is 10.2 Å². The Hall–Kier alpha value is -1.74. The van der Waals surface area contributed by atoms with Crippen LogP contribution in [-0.4, -0.2) is 15.5 Å². The molecule has 3 heteroatoms. The first-order valence-electron chi connectivity index (χ1n) is 9.59. The number of hydrogen-bond acceptors (Lipinski definition) is 2. The van der Waals surface area contributed by atoms with Crippen LogP contribution in [0.4, 0.5) is 0 Å². The Morgan fingerprint density at radius 3 is 2.50 bits per heavy atom. The number of rotatable bonds is 7. The van der Waals surface area contributed by atoms with Gasteiger partial charge in [-0.25, -0.2) is 0 Å². The number of unbranched alkanes of at least 4 members (excludes halogenated alkanes) is 3. The Kier molecular flexibility index (Phi) is 6.79. The van der Waals surface area contributed by atoms with Crippen LogP contribution >= 0.6 is 15.9 Å². The number of fused-ring (bicyclic) bond motifs is 1. The van der Waals surface area contributed by atoms with Gasteiger partial charge in [-0.3, -0.25) is 0 Å². The van der Waals surface area contributed by atoms with E-state index in [1.165, 1.54) is 36.0 Å². The molecule has 0 saturated carbocycles. The Balaban J connectivity index is 2.01. The zero-order valence-corrected chi connectivity index (χ0v) is 16.8. The number of phenols is 2. The topological polar surface area (TPSA) is 40.5 Å². The first kappa shape index (κ1) is 19.0. The molecule has 0 aromatic heterocycles. The third-order valence-electron chi connectivity index (χ3n) is 5.17. The average molecular weight is 415 g/mol. The highest BCUT2D eigenvalue weighted by molar-refractivity contribution is 9.09. The number of phenolic OH excluding ortho intramolecular Hbond substituents is 2. The Morgan fingerprint density at radius 1 is 0.885 bits per heavy atom. The van der Waals surface area contributed by atoms with Crippen LogP contribution < -0.4 is 0 Å². The Labute approximate surface area is 164 Å². The molecule has 0 amide bonds. The highest BCUT2D eigenvalue weighted by Crippen LogP contribution is 2.42. The van der Waals surface area contributed by atoms with Gasteiger partial charge < -0.3 is 10.2 Å². The van der Waals surface area contributed by atoms with Crippen molar-refractivity contribution in [1.82, 2.24) is 0 Å². The molecular formula is C23H27BrO2. The summed E-state index contributed by atoms with van der Waals surface area (Å²) < 4.78 is 0. The summed E-state index contributed by atoms with van der Waals surface area (Å²) in [5, 5.41) is 21.6. The van der Waals surface area contributed by atoms with Crippen LogP contribution in [0.15, 0.2) is 42.5 Å². The lowest BCUT2D eigenvalue weighted by Crippen LogP contribution is -1.95. The van der Waals surface area contributed by atoms with Gasteiger partial charge in [-0.2, -0.15) is 0 Å². The van der Waals surface area contributed by atoms with Gasteiger partial charge in [-0.15, -0.1) is 0 Å². The lowest BCUT2D eigenvalue weighted by molar-refractivity contribution is 0.472. The van der Waals surface area contributed by atoms with Gasteiger partial charge in [-0.05, 0) is 79.0 Å². The van der Waals surface area contributed by atoms with Gasteiger partial charge in [0.1, 0.15) is 11.5 Å². The van der Waals surface area contributed by atoms with Crippen LogP contribution in [0.3, 0.4) is 0 Å². The average Bonchev–Trinajstić information content (AvgIpc) is 2.82. The van der Waals surface area contributed by atoms with E-state index in [2.05, 4.69) is 28.1 Å². The fourth-order valence-corrected chi connectivity index (χ4v) is 4.34. The van der Waals surface area contributed by atoms with Crippen molar-refractivity contribution in [3.63, 3.8) is 0 Å². The maximum Gasteiger partial charge on any atom is 0.123 e. The fourth-order valence-electron chi connectivity index (χ4n) is 3.94. The van der Waals surface area contributed by atoms with Gasteiger partial charge in [0, 0.05) is 10.9 Å².